The van der Waals surface area contributed by atoms with Crippen LogP contribution >= 0.6 is 0 Å². The van der Waals surface area contributed by atoms with Gasteiger partial charge in [0.2, 0.25) is 0 Å². The van der Waals surface area contributed by atoms with Crippen LogP contribution in [-0.2, 0) is 0 Å². The summed E-state index contributed by atoms with van der Waals surface area (Å²) in [5, 5.41) is 0. The van der Waals surface area contributed by atoms with E-state index in [0.29, 0.717) is 0 Å². The molecule has 0 radical (unpaired) electrons. The van der Waals surface area contributed by atoms with E-state index in [2.05, 4.69) is 50.9 Å². The number of hydrogen-bond donors (Lipinski definition) is 0. The normalized spacial score (nSPS) is 18.0. The molecule has 1 aliphatic rings. The first-order valence-electron chi connectivity index (χ1n) is 4.68. The summed E-state index contributed by atoms with van der Waals surface area (Å²) < 4.78 is 0. The zero-order valence-corrected chi connectivity index (χ0v) is 8.59. The molecule has 0 N–H and O–H groups in total. The van der Waals surface area contributed by atoms with Crippen molar-refractivity contribution in [1.29, 1.82) is 0 Å². The number of rotatable bonds is 1. The smallest absolute Gasteiger partial charge is 0.0365 e. The van der Waals surface area contributed by atoms with Gasteiger partial charge in [0.25, 0.3) is 0 Å². The van der Waals surface area contributed by atoms with E-state index in [1.165, 1.54) is 5.57 Å². The fourth-order valence-corrected chi connectivity index (χ4v) is 1.29. The summed E-state index contributed by atoms with van der Waals surface area (Å²) in [7, 11) is 0. The molecule has 0 aromatic carbocycles. The van der Waals surface area contributed by atoms with Gasteiger partial charge in [0.15, 0.2) is 0 Å². The lowest BCUT2D eigenvalue weighted by atomic mass is 10.0. The van der Waals surface area contributed by atoms with Gasteiger partial charge in [-0.15, -0.1) is 0 Å². The van der Waals surface area contributed by atoms with E-state index in [-0.39, 0.29) is 5.54 Å². The van der Waals surface area contributed by atoms with Gasteiger partial charge in [0.05, 0.1) is 0 Å². The molecule has 0 aromatic heterocycles. The molecule has 68 valence electrons. The third-order valence-electron chi connectivity index (χ3n) is 2.29. The minimum Gasteiger partial charge on any atom is -0.369 e. The average Bonchev–Trinajstić information content (AvgIpc) is 2.03. The summed E-state index contributed by atoms with van der Waals surface area (Å²) in [5.74, 6) is 0. The van der Waals surface area contributed by atoms with Crippen molar-refractivity contribution in [2.45, 2.75) is 39.7 Å². The van der Waals surface area contributed by atoms with Crippen molar-refractivity contribution in [1.82, 2.24) is 4.90 Å². The van der Waals surface area contributed by atoms with E-state index in [1.54, 1.807) is 0 Å². The number of nitrogens with zero attached hydrogens (tertiary/aromatic N) is 1. The van der Waals surface area contributed by atoms with E-state index in [1.807, 2.05) is 0 Å². The molecule has 0 atom stereocenters. The van der Waals surface area contributed by atoms with E-state index in [0.717, 1.165) is 13.0 Å². The molecule has 1 heteroatoms. The highest BCUT2D eigenvalue weighted by Crippen LogP contribution is 2.18. The van der Waals surface area contributed by atoms with Crippen LogP contribution in [0.25, 0.3) is 0 Å². The summed E-state index contributed by atoms with van der Waals surface area (Å²) in [5.41, 5.74) is 1.71. The van der Waals surface area contributed by atoms with Crippen LogP contribution in [0.2, 0.25) is 0 Å². The Bertz CT molecular complexity index is 206. The summed E-state index contributed by atoms with van der Waals surface area (Å²) in [6.07, 6.45) is 7.88. The second-order valence-electron chi connectivity index (χ2n) is 4.27. The lowest BCUT2D eigenvalue weighted by molar-refractivity contribution is 0.223. The first-order chi connectivity index (χ1) is 5.54. The van der Waals surface area contributed by atoms with Crippen LogP contribution in [0.4, 0.5) is 0 Å². The van der Waals surface area contributed by atoms with E-state index >= 15 is 0 Å². The van der Waals surface area contributed by atoms with Crippen LogP contribution < -0.4 is 0 Å². The Kier molecular flexibility index (Phi) is 2.61. The van der Waals surface area contributed by atoms with E-state index in [9.17, 15) is 0 Å². The summed E-state index contributed by atoms with van der Waals surface area (Å²) in [6.45, 7) is 9.97. The van der Waals surface area contributed by atoms with Gasteiger partial charge < -0.3 is 4.90 Å². The van der Waals surface area contributed by atoms with Crippen molar-refractivity contribution >= 4 is 0 Å². The SMILES string of the molecule is CCC1=CCN(C(C)(C)C)C=C1. The Labute approximate surface area is 75.8 Å². The van der Waals surface area contributed by atoms with E-state index < -0.39 is 0 Å². The number of hydrogen-bond acceptors (Lipinski definition) is 1. The van der Waals surface area contributed by atoms with Crippen LogP contribution in [0.15, 0.2) is 23.9 Å². The quantitative estimate of drug-likeness (QED) is 0.577. The van der Waals surface area contributed by atoms with Crippen molar-refractivity contribution in [3.8, 4) is 0 Å². The molecule has 0 amide bonds. The molecule has 1 nitrogen and oxygen atoms in total. The van der Waals surface area contributed by atoms with Gasteiger partial charge in [-0.25, -0.2) is 0 Å². The molecule has 12 heavy (non-hydrogen) atoms. The molecule has 0 saturated heterocycles. The Morgan fingerprint density at radius 3 is 2.42 bits per heavy atom. The fraction of sp³-hybridized carbons (Fsp3) is 0.636. The molecular formula is C11H19N. The van der Waals surface area contributed by atoms with Crippen LogP contribution in [0, 0.1) is 0 Å². The van der Waals surface area contributed by atoms with Gasteiger partial charge in [-0.3, -0.25) is 0 Å². The maximum atomic E-state index is 2.35. The van der Waals surface area contributed by atoms with Crippen LogP contribution in [0.1, 0.15) is 34.1 Å². The molecule has 0 fully saturated rings. The van der Waals surface area contributed by atoms with Gasteiger partial charge in [-0.2, -0.15) is 0 Å². The predicted molar refractivity (Wildman–Crippen MR) is 54.0 cm³/mol. The number of allylic oxidation sites excluding steroid dienone is 2. The molecule has 0 saturated carbocycles. The van der Waals surface area contributed by atoms with Gasteiger partial charge in [0.1, 0.15) is 0 Å². The molecule has 0 spiro atoms. The Balaban J connectivity index is 2.60. The molecule has 0 bridgehead atoms. The minimum absolute atomic E-state index is 0.256. The summed E-state index contributed by atoms with van der Waals surface area (Å²) in [4.78, 5) is 2.35. The minimum atomic E-state index is 0.256. The highest BCUT2D eigenvalue weighted by Gasteiger charge is 2.17. The third kappa shape index (κ3) is 2.13. The standard InChI is InChI=1S/C11H19N/c1-5-10-6-8-12(9-7-10)11(2,3)4/h6-8H,5,9H2,1-4H3. The summed E-state index contributed by atoms with van der Waals surface area (Å²) in [6, 6.07) is 0. The first-order valence-corrected chi connectivity index (χ1v) is 4.68. The van der Waals surface area contributed by atoms with Crippen molar-refractivity contribution in [3.05, 3.63) is 23.9 Å². The zero-order valence-electron chi connectivity index (χ0n) is 8.59. The highest BCUT2D eigenvalue weighted by molar-refractivity contribution is 5.22. The first kappa shape index (κ1) is 9.37. The molecular weight excluding hydrogens is 146 g/mol. The summed E-state index contributed by atoms with van der Waals surface area (Å²) >= 11 is 0. The van der Waals surface area contributed by atoms with Crippen LogP contribution in [0.3, 0.4) is 0 Å². The lowest BCUT2D eigenvalue weighted by Gasteiger charge is -2.35. The van der Waals surface area contributed by atoms with E-state index in [4.69, 9.17) is 0 Å². The van der Waals surface area contributed by atoms with Crippen molar-refractivity contribution in [2.75, 3.05) is 6.54 Å². The Morgan fingerprint density at radius 1 is 1.42 bits per heavy atom. The van der Waals surface area contributed by atoms with Gasteiger partial charge in [0, 0.05) is 18.3 Å². The molecule has 0 aliphatic carbocycles. The third-order valence-corrected chi connectivity index (χ3v) is 2.29. The maximum absolute atomic E-state index is 2.35. The zero-order chi connectivity index (χ0) is 9.19. The largest absolute Gasteiger partial charge is 0.369 e. The average molecular weight is 165 g/mol. The monoisotopic (exact) mass is 165 g/mol. The Morgan fingerprint density at radius 2 is 2.08 bits per heavy atom. The molecule has 0 aromatic rings. The lowest BCUT2D eigenvalue weighted by Crippen LogP contribution is -2.38. The fourth-order valence-electron chi connectivity index (χ4n) is 1.29. The molecule has 1 heterocycles. The van der Waals surface area contributed by atoms with Crippen LogP contribution in [0.5, 0.6) is 0 Å². The van der Waals surface area contributed by atoms with Crippen LogP contribution in [-0.4, -0.2) is 17.0 Å². The maximum Gasteiger partial charge on any atom is 0.0365 e. The molecule has 1 aliphatic heterocycles. The highest BCUT2D eigenvalue weighted by atomic mass is 15.2. The van der Waals surface area contributed by atoms with Crippen molar-refractivity contribution < 1.29 is 0 Å². The molecule has 1 rings (SSSR count). The Hall–Kier alpha value is -0.720. The predicted octanol–water partition coefficient (Wildman–Crippen LogP) is 2.95. The van der Waals surface area contributed by atoms with Gasteiger partial charge in [-0.1, -0.05) is 13.0 Å². The van der Waals surface area contributed by atoms with Gasteiger partial charge >= 0.3 is 0 Å². The second-order valence-corrected chi connectivity index (χ2v) is 4.27. The molecule has 0 unspecified atom stereocenters. The van der Waals surface area contributed by atoms with Gasteiger partial charge in [-0.05, 0) is 38.8 Å². The van der Waals surface area contributed by atoms with Crippen molar-refractivity contribution in [2.24, 2.45) is 0 Å². The second kappa shape index (κ2) is 3.34. The van der Waals surface area contributed by atoms with Crippen molar-refractivity contribution in [3.63, 3.8) is 0 Å². The topological polar surface area (TPSA) is 3.24 Å².